The minimum absolute atomic E-state index is 0.194. The van der Waals surface area contributed by atoms with E-state index in [2.05, 4.69) is 4.72 Å². The molecule has 102 valence electrons. The number of hydrogen-bond donors (Lipinski definition) is 2. The lowest BCUT2D eigenvalue weighted by Crippen LogP contribution is -2.36. The molecule has 2 unspecified atom stereocenters. The maximum Gasteiger partial charge on any atom is 0.243 e. The summed E-state index contributed by atoms with van der Waals surface area (Å²) in [6, 6.07) is 1.63. The summed E-state index contributed by atoms with van der Waals surface area (Å²) in [5.74, 6) is -1.80. The molecule has 1 aromatic rings. The molecule has 0 aliphatic carbocycles. The summed E-state index contributed by atoms with van der Waals surface area (Å²) >= 11 is 0. The van der Waals surface area contributed by atoms with Crippen LogP contribution in [0.1, 0.15) is 20.3 Å². The number of nitrogens with one attached hydrogen (secondary N) is 1. The molecule has 1 aromatic carbocycles. The molecular formula is C11H16F2N2O2S. The van der Waals surface area contributed by atoms with Crippen molar-refractivity contribution in [2.24, 2.45) is 5.73 Å². The van der Waals surface area contributed by atoms with Crippen LogP contribution in [0.25, 0.3) is 0 Å². The van der Waals surface area contributed by atoms with Crippen LogP contribution in [0.4, 0.5) is 8.78 Å². The molecule has 3 N–H and O–H groups in total. The van der Waals surface area contributed by atoms with Gasteiger partial charge in [-0.2, -0.15) is 0 Å². The van der Waals surface area contributed by atoms with Crippen LogP contribution in [0.3, 0.4) is 0 Å². The average molecular weight is 278 g/mol. The van der Waals surface area contributed by atoms with E-state index in [0.717, 1.165) is 12.1 Å². The average Bonchev–Trinajstić information content (AvgIpc) is 2.19. The zero-order chi connectivity index (χ0) is 13.9. The van der Waals surface area contributed by atoms with E-state index in [0.29, 0.717) is 12.5 Å². The van der Waals surface area contributed by atoms with E-state index in [1.165, 1.54) is 0 Å². The van der Waals surface area contributed by atoms with Gasteiger partial charge in [-0.1, -0.05) is 0 Å². The molecule has 0 heterocycles. The molecule has 1 rings (SSSR count). The number of rotatable bonds is 5. The first-order valence-electron chi connectivity index (χ1n) is 5.45. The summed E-state index contributed by atoms with van der Waals surface area (Å²) in [4.78, 5) is -0.695. The van der Waals surface area contributed by atoms with Crippen molar-refractivity contribution in [1.82, 2.24) is 4.72 Å². The van der Waals surface area contributed by atoms with Gasteiger partial charge in [0.1, 0.15) is 16.5 Å². The molecule has 0 fully saturated rings. The topological polar surface area (TPSA) is 72.2 Å². The van der Waals surface area contributed by atoms with E-state index in [9.17, 15) is 17.2 Å². The molecule has 0 aliphatic rings. The molecule has 0 amide bonds. The molecule has 18 heavy (non-hydrogen) atoms. The van der Waals surface area contributed by atoms with E-state index >= 15 is 0 Å². The van der Waals surface area contributed by atoms with Crippen molar-refractivity contribution in [1.29, 1.82) is 0 Å². The Labute approximate surface area is 105 Å². The number of hydrogen-bond acceptors (Lipinski definition) is 3. The van der Waals surface area contributed by atoms with Gasteiger partial charge in [-0.05, 0) is 38.5 Å². The fourth-order valence-electron chi connectivity index (χ4n) is 1.62. The van der Waals surface area contributed by atoms with E-state index < -0.39 is 32.6 Å². The van der Waals surface area contributed by atoms with Crippen molar-refractivity contribution in [3.63, 3.8) is 0 Å². The minimum atomic E-state index is -4.08. The van der Waals surface area contributed by atoms with Crippen molar-refractivity contribution in [2.45, 2.75) is 37.2 Å². The maximum absolute atomic E-state index is 13.4. The van der Waals surface area contributed by atoms with Crippen molar-refractivity contribution >= 4 is 10.0 Å². The second kappa shape index (κ2) is 5.73. The minimum Gasteiger partial charge on any atom is -0.328 e. The predicted octanol–water partition coefficient (Wildman–Crippen LogP) is 1.37. The quantitative estimate of drug-likeness (QED) is 0.854. The monoisotopic (exact) mass is 278 g/mol. The Hall–Kier alpha value is -1.05. The predicted molar refractivity (Wildman–Crippen MR) is 64.4 cm³/mol. The first-order valence-corrected chi connectivity index (χ1v) is 6.93. The van der Waals surface area contributed by atoms with Gasteiger partial charge in [0.15, 0.2) is 0 Å². The van der Waals surface area contributed by atoms with Crippen molar-refractivity contribution in [2.75, 3.05) is 0 Å². The van der Waals surface area contributed by atoms with Gasteiger partial charge in [-0.15, -0.1) is 0 Å². The Morgan fingerprint density at radius 2 is 1.94 bits per heavy atom. The second-order valence-corrected chi connectivity index (χ2v) is 5.99. The first-order chi connectivity index (χ1) is 8.22. The molecule has 4 nitrogen and oxygen atoms in total. The molecule has 7 heteroatoms. The number of nitrogens with two attached hydrogens (primary N) is 1. The number of sulfonamides is 1. The smallest absolute Gasteiger partial charge is 0.243 e. The lowest BCUT2D eigenvalue weighted by atomic mass is 10.1. The highest BCUT2D eigenvalue weighted by molar-refractivity contribution is 7.89. The lowest BCUT2D eigenvalue weighted by molar-refractivity contribution is 0.509. The molecule has 0 spiro atoms. The van der Waals surface area contributed by atoms with Crippen molar-refractivity contribution in [3.8, 4) is 0 Å². The summed E-state index contributed by atoms with van der Waals surface area (Å²) in [6.07, 6.45) is 0.399. The SMILES string of the molecule is CC(N)CC(C)NS(=O)(=O)c1cc(F)ccc1F. The zero-order valence-corrected chi connectivity index (χ0v) is 11.0. The normalized spacial score (nSPS) is 15.4. The molecule has 0 saturated carbocycles. The van der Waals surface area contributed by atoms with Crippen LogP contribution in [0.15, 0.2) is 23.1 Å². The number of halogens is 2. The standard InChI is InChI=1S/C11H16F2N2O2S/c1-7(14)5-8(2)15-18(16,17)11-6-9(12)3-4-10(11)13/h3-4,6-8,15H,5,14H2,1-2H3. The Morgan fingerprint density at radius 3 is 2.50 bits per heavy atom. The summed E-state index contributed by atoms with van der Waals surface area (Å²) in [5, 5.41) is 0. The largest absolute Gasteiger partial charge is 0.328 e. The fourth-order valence-corrected chi connectivity index (χ4v) is 2.96. The zero-order valence-electron chi connectivity index (χ0n) is 10.2. The van der Waals surface area contributed by atoms with Gasteiger partial charge in [0.2, 0.25) is 10.0 Å². The highest BCUT2D eigenvalue weighted by Gasteiger charge is 2.22. The van der Waals surface area contributed by atoms with Crippen molar-refractivity contribution in [3.05, 3.63) is 29.8 Å². The van der Waals surface area contributed by atoms with Gasteiger partial charge in [-0.3, -0.25) is 0 Å². The summed E-state index contributed by atoms with van der Waals surface area (Å²) < 4.78 is 52.2. The summed E-state index contributed by atoms with van der Waals surface area (Å²) in [6.45, 7) is 3.34. The van der Waals surface area contributed by atoms with E-state index in [4.69, 9.17) is 5.73 Å². The van der Waals surface area contributed by atoms with E-state index in [1.807, 2.05) is 0 Å². The van der Waals surface area contributed by atoms with Gasteiger partial charge < -0.3 is 5.73 Å². The van der Waals surface area contributed by atoms with Crippen LogP contribution >= 0.6 is 0 Å². The molecule has 2 atom stereocenters. The van der Waals surface area contributed by atoms with Crippen LogP contribution in [-0.4, -0.2) is 20.5 Å². The van der Waals surface area contributed by atoms with Gasteiger partial charge >= 0.3 is 0 Å². The highest BCUT2D eigenvalue weighted by Crippen LogP contribution is 2.16. The third kappa shape index (κ3) is 4.01. The van der Waals surface area contributed by atoms with E-state index in [-0.39, 0.29) is 6.04 Å². The summed E-state index contributed by atoms with van der Waals surface area (Å²) in [5.41, 5.74) is 5.54. The highest BCUT2D eigenvalue weighted by atomic mass is 32.2. The summed E-state index contributed by atoms with van der Waals surface area (Å²) in [7, 11) is -4.08. The Balaban J connectivity index is 2.96. The molecule has 0 radical (unpaired) electrons. The van der Waals surface area contributed by atoms with Crippen LogP contribution in [0.2, 0.25) is 0 Å². The molecule has 0 aromatic heterocycles. The third-order valence-electron chi connectivity index (χ3n) is 2.26. The fraction of sp³-hybridized carbons (Fsp3) is 0.455. The molecule has 0 aliphatic heterocycles. The second-order valence-electron chi connectivity index (χ2n) is 4.31. The Kier molecular flexibility index (Phi) is 4.78. The van der Waals surface area contributed by atoms with Crippen LogP contribution in [0.5, 0.6) is 0 Å². The Morgan fingerprint density at radius 1 is 1.33 bits per heavy atom. The van der Waals surface area contributed by atoms with Crippen LogP contribution in [-0.2, 0) is 10.0 Å². The third-order valence-corrected chi connectivity index (χ3v) is 3.87. The molecule has 0 saturated heterocycles. The number of benzene rings is 1. The van der Waals surface area contributed by atoms with Crippen LogP contribution < -0.4 is 10.5 Å². The van der Waals surface area contributed by atoms with Gasteiger partial charge in [-0.25, -0.2) is 21.9 Å². The lowest BCUT2D eigenvalue weighted by Gasteiger charge is -2.16. The first kappa shape index (κ1) is 15.0. The maximum atomic E-state index is 13.4. The van der Waals surface area contributed by atoms with Gasteiger partial charge in [0.05, 0.1) is 0 Å². The van der Waals surface area contributed by atoms with Crippen molar-refractivity contribution < 1.29 is 17.2 Å². The van der Waals surface area contributed by atoms with E-state index in [1.54, 1.807) is 13.8 Å². The van der Waals surface area contributed by atoms with Gasteiger partial charge in [0.25, 0.3) is 0 Å². The van der Waals surface area contributed by atoms with Crippen LogP contribution in [0, 0.1) is 11.6 Å². The van der Waals surface area contributed by atoms with Gasteiger partial charge in [0, 0.05) is 12.1 Å². The Bertz CT molecular complexity index is 518. The molecular weight excluding hydrogens is 262 g/mol. The molecule has 0 bridgehead atoms.